The third-order valence-electron chi connectivity index (χ3n) is 2.34. The van der Waals surface area contributed by atoms with Gasteiger partial charge in [0.2, 0.25) is 0 Å². The summed E-state index contributed by atoms with van der Waals surface area (Å²) in [6.07, 6.45) is 1.53. The van der Waals surface area contributed by atoms with E-state index in [1.807, 2.05) is 13.8 Å². The minimum Gasteiger partial charge on any atom is -0.370 e. The molecule has 3 unspecified atom stereocenters. The summed E-state index contributed by atoms with van der Waals surface area (Å²) in [5.41, 5.74) is 10.9. The summed E-state index contributed by atoms with van der Waals surface area (Å²) in [7, 11) is 0. The lowest BCUT2D eigenvalue weighted by atomic mass is 9.94. The highest BCUT2D eigenvalue weighted by atomic mass is 16.1. The van der Waals surface area contributed by atoms with Crippen LogP contribution in [0.1, 0.15) is 33.6 Å². The summed E-state index contributed by atoms with van der Waals surface area (Å²) in [5.74, 6) is 0.338. The lowest BCUT2D eigenvalue weighted by Crippen LogP contribution is -2.39. The normalized spacial score (nSPS) is 16.5. The van der Waals surface area contributed by atoms with Crippen molar-refractivity contribution in [1.82, 2.24) is 5.32 Å². The van der Waals surface area contributed by atoms with Crippen molar-refractivity contribution in [3.63, 3.8) is 0 Å². The van der Waals surface area contributed by atoms with Crippen LogP contribution in [0.5, 0.6) is 0 Å². The van der Waals surface area contributed by atoms with E-state index in [2.05, 4.69) is 5.32 Å². The Hall–Kier alpha value is -1.10. The Morgan fingerprint density at radius 3 is 2.33 bits per heavy atom. The summed E-state index contributed by atoms with van der Waals surface area (Å²) in [6.45, 7) is 5.51. The Bertz CT molecular complexity index is 229. The van der Waals surface area contributed by atoms with Crippen LogP contribution in [0.15, 0.2) is 0 Å². The molecule has 0 heterocycles. The molecule has 0 bridgehead atoms. The molecule has 0 saturated carbocycles. The van der Waals surface area contributed by atoms with E-state index in [4.69, 9.17) is 16.9 Å². The number of nitrogens with one attached hydrogen (secondary N) is 2. The molecular formula is C10H22N4O. The largest absolute Gasteiger partial charge is 0.370 e. The van der Waals surface area contributed by atoms with Crippen molar-refractivity contribution in [1.29, 1.82) is 5.41 Å². The van der Waals surface area contributed by atoms with Crippen LogP contribution < -0.4 is 16.8 Å². The van der Waals surface area contributed by atoms with E-state index in [9.17, 15) is 4.79 Å². The van der Waals surface area contributed by atoms with E-state index < -0.39 is 0 Å². The molecule has 15 heavy (non-hydrogen) atoms. The second-order valence-corrected chi connectivity index (χ2v) is 4.25. The average Bonchev–Trinajstić information content (AvgIpc) is 2.00. The summed E-state index contributed by atoms with van der Waals surface area (Å²) in [4.78, 5) is 10.9. The average molecular weight is 214 g/mol. The monoisotopic (exact) mass is 214 g/mol. The molecule has 0 saturated heterocycles. The van der Waals surface area contributed by atoms with Crippen LogP contribution in [0.25, 0.3) is 0 Å². The molecule has 3 atom stereocenters. The van der Waals surface area contributed by atoms with Gasteiger partial charge in [-0.25, -0.2) is 0 Å². The maximum Gasteiger partial charge on any atom is 0.185 e. The maximum absolute atomic E-state index is 10.9. The molecule has 0 aliphatic heterocycles. The first kappa shape index (κ1) is 13.9. The Labute approximate surface area is 91.1 Å². The van der Waals surface area contributed by atoms with E-state index in [0.717, 1.165) is 6.42 Å². The van der Waals surface area contributed by atoms with Crippen LogP contribution in [0, 0.1) is 11.3 Å². The van der Waals surface area contributed by atoms with Gasteiger partial charge in [0, 0.05) is 6.04 Å². The highest BCUT2D eigenvalue weighted by Crippen LogP contribution is 2.12. The van der Waals surface area contributed by atoms with Gasteiger partial charge < -0.3 is 16.8 Å². The molecule has 0 aliphatic carbocycles. The van der Waals surface area contributed by atoms with Gasteiger partial charge in [0.05, 0.1) is 6.04 Å². The molecule has 5 heteroatoms. The standard InChI is InChI=1S/C10H22N4O/c1-6(5-9(11)8(3)15)4-7(2)14-10(12)13/h6-7,9H,4-5,11H2,1-3H3,(H4,12,13,14). The molecule has 0 aromatic rings. The molecule has 0 aromatic carbocycles. The van der Waals surface area contributed by atoms with Crippen LogP contribution in [0.4, 0.5) is 0 Å². The number of rotatable bonds is 6. The van der Waals surface area contributed by atoms with Gasteiger partial charge in [0.15, 0.2) is 5.96 Å². The van der Waals surface area contributed by atoms with Crippen LogP contribution in [-0.4, -0.2) is 23.8 Å². The van der Waals surface area contributed by atoms with E-state index in [0.29, 0.717) is 12.3 Å². The van der Waals surface area contributed by atoms with E-state index in [1.165, 1.54) is 6.92 Å². The van der Waals surface area contributed by atoms with Gasteiger partial charge >= 0.3 is 0 Å². The molecule has 0 rings (SSSR count). The number of hydrogen-bond acceptors (Lipinski definition) is 3. The zero-order valence-corrected chi connectivity index (χ0v) is 9.71. The molecule has 0 radical (unpaired) electrons. The van der Waals surface area contributed by atoms with Crippen LogP contribution in [0.3, 0.4) is 0 Å². The quantitative estimate of drug-likeness (QED) is 0.374. The van der Waals surface area contributed by atoms with Gasteiger partial charge in [-0.15, -0.1) is 0 Å². The number of guanidine groups is 1. The van der Waals surface area contributed by atoms with Gasteiger partial charge in [-0.2, -0.15) is 0 Å². The first-order chi connectivity index (χ1) is 6.82. The number of carbonyl (C=O) groups is 1. The molecule has 88 valence electrons. The fourth-order valence-corrected chi connectivity index (χ4v) is 1.62. The third-order valence-corrected chi connectivity index (χ3v) is 2.34. The molecule has 5 nitrogen and oxygen atoms in total. The maximum atomic E-state index is 10.9. The van der Waals surface area contributed by atoms with Crippen molar-refractivity contribution >= 4 is 11.7 Å². The van der Waals surface area contributed by atoms with E-state index >= 15 is 0 Å². The fraction of sp³-hybridized carbons (Fsp3) is 0.800. The van der Waals surface area contributed by atoms with Crippen molar-refractivity contribution in [3.8, 4) is 0 Å². The summed E-state index contributed by atoms with van der Waals surface area (Å²) < 4.78 is 0. The Balaban J connectivity index is 3.87. The third kappa shape index (κ3) is 6.90. The number of Topliss-reactive ketones (excluding diaryl/α,β-unsaturated/α-hetero) is 1. The van der Waals surface area contributed by atoms with Gasteiger partial charge in [0.1, 0.15) is 5.78 Å². The molecule has 0 aliphatic rings. The molecule has 0 amide bonds. The van der Waals surface area contributed by atoms with Gasteiger partial charge in [0.25, 0.3) is 0 Å². The zero-order valence-electron chi connectivity index (χ0n) is 9.71. The number of ketones is 1. The smallest absolute Gasteiger partial charge is 0.185 e. The Morgan fingerprint density at radius 2 is 1.93 bits per heavy atom. The SMILES string of the molecule is CC(=O)C(N)CC(C)CC(C)NC(=N)N. The molecule has 6 N–H and O–H groups in total. The van der Waals surface area contributed by atoms with Crippen molar-refractivity contribution in [2.45, 2.75) is 45.7 Å². The van der Waals surface area contributed by atoms with Crippen LogP contribution in [0.2, 0.25) is 0 Å². The van der Waals surface area contributed by atoms with E-state index in [1.54, 1.807) is 0 Å². The van der Waals surface area contributed by atoms with E-state index in [-0.39, 0.29) is 23.8 Å². The molecular weight excluding hydrogens is 192 g/mol. The molecule has 0 aromatic heterocycles. The number of carbonyl (C=O) groups excluding carboxylic acids is 1. The number of hydrogen-bond donors (Lipinski definition) is 4. The lowest BCUT2D eigenvalue weighted by Gasteiger charge is -2.20. The van der Waals surface area contributed by atoms with Crippen LogP contribution in [-0.2, 0) is 4.79 Å². The molecule has 0 fully saturated rings. The first-order valence-electron chi connectivity index (χ1n) is 5.19. The second-order valence-electron chi connectivity index (χ2n) is 4.25. The van der Waals surface area contributed by atoms with Crippen molar-refractivity contribution in [2.24, 2.45) is 17.4 Å². The Kier molecular flexibility index (Phi) is 5.93. The van der Waals surface area contributed by atoms with Gasteiger partial charge in [-0.1, -0.05) is 6.92 Å². The predicted molar refractivity (Wildman–Crippen MR) is 61.6 cm³/mol. The van der Waals surface area contributed by atoms with Crippen molar-refractivity contribution < 1.29 is 4.79 Å². The van der Waals surface area contributed by atoms with Crippen LogP contribution >= 0.6 is 0 Å². The second kappa shape index (κ2) is 6.40. The highest BCUT2D eigenvalue weighted by Gasteiger charge is 2.15. The summed E-state index contributed by atoms with van der Waals surface area (Å²) in [6, 6.07) is -0.235. The Morgan fingerprint density at radius 1 is 1.40 bits per heavy atom. The topological polar surface area (TPSA) is 105 Å². The van der Waals surface area contributed by atoms with Crippen molar-refractivity contribution in [3.05, 3.63) is 0 Å². The number of nitrogens with two attached hydrogens (primary N) is 2. The summed E-state index contributed by atoms with van der Waals surface area (Å²) in [5, 5.41) is 9.88. The van der Waals surface area contributed by atoms with Gasteiger partial charge in [-0.3, -0.25) is 10.2 Å². The lowest BCUT2D eigenvalue weighted by molar-refractivity contribution is -0.118. The first-order valence-corrected chi connectivity index (χ1v) is 5.19. The highest BCUT2D eigenvalue weighted by molar-refractivity contribution is 5.81. The van der Waals surface area contributed by atoms with Crippen molar-refractivity contribution in [2.75, 3.05) is 0 Å². The predicted octanol–water partition coefficient (Wildman–Crippen LogP) is 0.191. The summed E-state index contributed by atoms with van der Waals surface area (Å²) >= 11 is 0. The fourth-order valence-electron chi connectivity index (χ4n) is 1.62. The zero-order chi connectivity index (χ0) is 12.0. The molecule has 0 spiro atoms. The van der Waals surface area contributed by atoms with Gasteiger partial charge in [-0.05, 0) is 32.6 Å². The minimum absolute atomic E-state index is 0.0223. The minimum atomic E-state index is -0.371.